The Labute approximate surface area is 251 Å². The van der Waals surface area contributed by atoms with Gasteiger partial charge in [-0.05, 0) is 6.07 Å². The lowest BCUT2D eigenvalue weighted by molar-refractivity contribution is 0.610. The summed E-state index contributed by atoms with van der Waals surface area (Å²) in [7, 11) is 1.81. The highest BCUT2D eigenvalue weighted by Crippen LogP contribution is 2.39. The van der Waals surface area contributed by atoms with E-state index in [0.29, 0.717) is 50.2 Å². The van der Waals surface area contributed by atoms with E-state index in [-0.39, 0.29) is 10.7 Å². The van der Waals surface area contributed by atoms with Crippen molar-refractivity contribution in [3.8, 4) is 0 Å². The van der Waals surface area contributed by atoms with Crippen LogP contribution in [0.4, 0.5) is 23.3 Å². The third kappa shape index (κ3) is 3.70. The van der Waals surface area contributed by atoms with Crippen LogP contribution in [0.3, 0.4) is 0 Å². The summed E-state index contributed by atoms with van der Waals surface area (Å²) >= 11 is 0. The second kappa shape index (κ2) is 8.99. The van der Waals surface area contributed by atoms with Crippen molar-refractivity contribution in [3.63, 3.8) is 0 Å². The first-order valence-corrected chi connectivity index (χ1v) is 16.0. The van der Waals surface area contributed by atoms with Gasteiger partial charge in [0.05, 0.1) is 4.90 Å². The lowest BCUT2D eigenvalue weighted by atomic mass is 10.2. The number of H-pyrrole nitrogens is 4. The van der Waals surface area contributed by atoms with Crippen LogP contribution < -0.4 is 22.0 Å². The van der Waals surface area contributed by atoms with E-state index in [1.807, 2.05) is 72.8 Å². The van der Waals surface area contributed by atoms with Crippen molar-refractivity contribution in [2.45, 2.75) is 4.90 Å². The van der Waals surface area contributed by atoms with Crippen LogP contribution in [0.2, 0.25) is 0 Å². The zero-order valence-corrected chi connectivity index (χ0v) is 24.1. The van der Waals surface area contributed by atoms with Crippen molar-refractivity contribution in [2.75, 3.05) is 0 Å². The summed E-state index contributed by atoms with van der Waals surface area (Å²) in [6.07, 6.45) is 0. The molecule has 10 nitrogen and oxygen atoms in total. The zero-order valence-electron chi connectivity index (χ0n) is 22.6. The van der Waals surface area contributed by atoms with Crippen molar-refractivity contribution in [3.05, 3.63) is 113 Å². The second-order valence-electron chi connectivity index (χ2n) is 10.5. The quantitative estimate of drug-likeness (QED) is 0.177. The largest absolute Gasteiger partial charge is 0.324 e. The number of benzene rings is 4. The smallest absolute Gasteiger partial charge is 0.262 e. The van der Waals surface area contributed by atoms with E-state index in [1.165, 1.54) is 6.07 Å². The molecule has 0 saturated carbocycles. The molecule has 0 atom stereocenters. The number of halogens is 1. The zero-order chi connectivity index (χ0) is 29.6. The first kappa shape index (κ1) is 25.0. The van der Waals surface area contributed by atoms with Gasteiger partial charge in [0.2, 0.25) is 0 Å². The van der Waals surface area contributed by atoms with Gasteiger partial charge in [-0.3, -0.25) is 0 Å². The molecule has 4 N–H and O–H groups in total. The van der Waals surface area contributed by atoms with Crippen molar-refractivity contribution in [2.24, 2.45) is 20.0 Å². The van der Waals surface area contributed by atoms with Crippen molar-refractivity contribution >= 4 is 86.1 Å². The molecular formula is C32H19ClN8O2S. The maximum atomic E-state index is 12.7. The summed E-state index contributed by atoms with van der Waals surface area (Å²) < 4.78 is 25.5. The van der Waals surface area contributed by atoms with E-state index >= 15 is 0 Å². The molecule has 5 heterocycles. The molecular weight excluding hydrogens is 596 g/mol. The minimum absolute atomic E-state index is 0.0658. The third-order valence-corrected chi connectivity index (χ3v) is 9.30. The minimum atomic E-state index is -4.13. The van der Waals surface area contributed by atoms with Gasteiger partial charge in [-0.15, -0.1) is 0 Å². The Morgan fingerprint density at radius 3 is 1.25 bits per heavy atom. The van der Waals surface area contributed by atoms with E-state index in [9.17, 15) is 8.42 Å². The van der Waals surface area contributed by atoms with Gasteiger partial charge in [0.25, 0.3) is 9.05 Å². The Kier molecular flexibility index (Phi) is 5.11. The molecule has 212 valence electrons. The predicted molar refractivity (Wildman–Crippen MR) is 169 cm³/mol. The van der Waals surface area contributed by atoms with Crippen molar-refractivity contribution < 1.29 is 8.42 Å². The number of rotatable bonds is 1. The number of nitrogens with one attached hydrogen (secondary N) is 4. The molecule has 0 spiro atoms. The van der Waals surface area contributed by atoms with Gasteiger partial charge in [0.1, 0.15) is 45.2 Å². The van der Waals surface area contributed by atoms with E-state index in [0.717, 1.165) is 32.3 Å². The van der Waals surface area contributed by atoms with Crippen LogP contribution in [-0.4, -0.2) is 28.4 Å². The molecule has 4 aromatic heterocycles. The third-order valence-electron chi connectivity index (χ3n) is 7.93. The summed E-state index contributed by atoms with van der Waals surface area (Å²) in [5, 5.41) is 6.08. The normalized spacial score (nSPS) is 13.1. The maximum Gasteiger partial charge on any atom is 0.262 e. The minimum Gasteiger partial charge on any atom is -0.324 e. The van der Waals surface area contributed by atoms with Gasteiger partial charge in [0.15, 0.2) is 0 Å². The number of hydrogen-bond donors (Lipinski definition) is 4. The summed E-state index contributed by atoms with van der Waals surface area (Å²) in [4.78, 5) is 33.3. The average molecular weight is 615 g/mol. The monoisotopic (exact) mass is 614 g/mol. The van der Waals surface area contributed by atoms with Crippen molar-refractivity contribution in [1.82, 2.24) is 19.9 Å². The maximum absolute atomic E-state index is 12.7. The van der Waals surface area contributed by atoms with Crippen LogP contribution in [0, 0.1) is 0 Å². The SMILES string of the molecule is O=S(=O)(Cl)c1cccc2c3[nH]c(c12)N=c1[nH]c(c2ccccc12)=Nc1[nH]c(c2ccccc12)N=c1[nH]c(c2ccccc12)=N3. The number of hydrogen-bond acceptors (Lipinski definition) is 6. The lowest BCUT2D eigenvalue weighted by Gasteiger charge is -2.00. The molecule has 0 fully saturated rings. The molecule has 0 saturated heterocycles. The summed E-state index contributed by atoms with van der Waals surface area (Å²) in [5.41, 5.74) is 2.25. The summed E-state index contributed by atoms with van der Waals surface area (Å²) in [6, 6.07) is 28.4. The van der Waals surface area contributed by atoms with E-state index in [1.54, 1.807) is 12.1 Å². The molecule has 8 bridgehead atoms. The fraction of sp³-hybridized carbons (Fsp3) is 0. The molecule has 0 aliphatic carbocycles. The Balaban J connectivity index is 1.52. The number of fused-ring (bicyclic) bond motifs is 20. The summed E-state index contributed by atoms with van der Waals surface area (Å²) in [6.45, 7) is 0. The van der Waals surface area contributed by atoms with Crippen LogP contribution >= 0.6 is 10.7 Å². The van der Waals surface area contributed by atoms with E-state index < -0.39 is 9.05 Å². The Morgan fingerprint density at radius 1 is 0.432 bits per heavy atom. The fourth-order valence-corrected chi connectivity index (χ4v) is 7.07. The molecule has 0 amide bonds. The molecule has 44 heavy (non-hydrogen) atoms. The first-order chi connectivity index (χ1) is 21.4. The van der Waals surface area contributed by atoms with Crippen molar-refractivity contribution in [1.29, 1.82) is 0 Å². The van der Waals surface area contributed by atoms with Gasteiger partial charge in [-0.25, -0.2) is 28.4 Å². The highest BCUT2D eigenvalue weighted by molar-refractivity contribution is 8.14. The highest BCUT2D eigenvalue weighted by Gasteiger charge is 2.21. The van der Waals surface area contributed by atoms with Gasteiger partial charge in [-0.1, -0.05) is 84.9 Å². The van der Waals surface area contributed by atoms with Gasteiger partial charge < -0.3 is 19.9 Å². The summed E-state index contributed by atoms with van der Waals surface area (Å²) in [5.74, 6) is 1.99. The van der Waals surface area contributed by atoms with Crippen LogP contribution in [-0.2, 0) is 9.05 Å². The van der Waals surface area contributed by atoms with E-state index in [4.69, 9.17) is 30.7 Å². The molecule has 9 rings (SSSR count). The number of aromatic nitrogens is 4. The predicted octanol–water partition coefficient (Wildman–Crippen LogP) is 5.66. The fourth-order valence-electron chi connectivity index (χ4n) is 5.99. The number of aromatic amines is 4. The van der Waals surface area contributed by atoms with E-state index in [2.05, 4.69) is 19.9 Å². The lowest BCUT2D eigenvalue weighted by Crippen LogP contribution is -2.10. The Bertz CT molecular complexity index is 2870. The molecule has 12 heteroatoms. The van der Waals surface area contributed by atoms with Gasteiger partial charge in [0, 0.05) is 53.8 Å². The second-order valence-corrected chi connectivity index (χ2v) is 13.0. The molecule has 0 unspecified atom stereocenters. The first-order valence-electron chi connectivity index (χ1n) is 13.7. The number of nitrogens with zero attached hydrogens (tertiary/aromatic N) is 4. The van der Waals surface area contributed by atoms with Crippen LogP contribution in [0.25, 0.3) is 43.1 Å². The molecule has 4 aromatic carbocycles. The molecule has 1 aliphatic heterocycles. The van der Waals surface area contributed by atoms with Gasteiger partial charge >= 0.3 is 0 Å². The highest BCUT2D eigenvalue weighted by atomic mass is 35.7. The molecule has 0 radical (unpaired) electrons. The van der Waals surface area contributed by atoms with Crippen LogP contribution in [0.1, 0.15) is 0 Å². The Morgan fingerprint density at radius 2 is 0.795 bits per heavy atom. The molecule has 8 aromatic rings. The van der Waals surface area contributed by atoms with Crippen LogP contribution in [0.5, 0.6) is 0 Å². The van der Waals surface area contributed by atoms with Gasteiger partial charge in [-0.2, -0.15) is 0 Å². The topological polar surface area (TPSA) is 147 Å². The Hall–Kier alpha value is -5.52. The van der Waals surface area contributed by atoms with Crippen LogP contribution in [0.15, 0.2) is 116 Å². The molecule has 1 aliphatic rings. The average Bonchev–Trinajstić information content (AvgIpc) is 3.76. The standard InChI is InChI=1S/C32H19ClN8O2S/c33-44(42,43)23-15-7-14-22-24(23)32-40-30-21-13-6-5-12-20(21)28(38-30)36-26-17-9-2-1-8-16(17)25(34-26)35-27-18-10-3-4-11-19(18)29(37-27)39-31(22)41-32/h1-15H,(H4,34,35,36,37,38,39,40,41).